The second-order valence-corrected chi connectivity index (χ2v) is 5.38. The van der Waals surface area contributed by atoms with Crippen LogP contribution in [0.2, 0.25) is 0 Å². The summed E-state index contributed by atoms with van der Waals surface area (Å²) >= 11 is 0. The Morgan fingerprint density at radius 2 is 2.10 bits per heavy atom. The number of hydrogen-bond donors (Lipinski definition) is 2. The summed E-state index contributed by atoms with van der Waals surface area (Å²) in [7, 11) is 1.52. The molecule has 0 aliphatic carbocycles. The van der Waals surface area contributed by atoms with E-state index in [1.807, 2.05) is 20.8 Å². The van der Waals surface area contributed by atoms with Gasteiger partial charge in [0.2, 0.25) is 5.91 Å². The molecule has 0 bridgehead atoms. The van der Waals surface area contributed by atoms with Crippen molar-refractivity contribution in [1.29, 1.82) is 0 Å². The summed E-state index contributed by atoms with van der Waals surface area (Å²) in [6, 6.07) is 0. The number of methoxy groups -OCH3 is 1. The van der Waals surface area contributed by atoms with Crippen LogP contribution in [0.4, 0.5) is 0 Å². The highest BCUT2D eigenvalue weighted by Crippen LogP contribution is 2.09. The van der Waals surface area contributed by atoms with Crippen LogP contribution in [0.3, 0.4) is 0 Å². The van der Waals surface area contributed by atoms with Crippen molar-refractivity contribution in [1.82, 2.24) is 20.3 Å². The van der Waals surface area contributed by atoms with Crippen LogP contribution in [0.25, 0.3) is 0 Å². The van der Waals surface area contributed by atoms with Crippen molar-refractivity contribution in [3.63, 3.8) is 0 Å². The smallest absolute Gasteiger partial charge is 0.358 e. The Balaban J connectivity index is 2.87. The molecule has 21 heavy (non-hydrogen) atoms. The molecule has 1 amide bonds. The number of rotatable bonds is 8. The van der Waals surface area contributed by atoms with Gasteiger partial charge < -0.3 is 15.2 Å². The van der Waals surface area contributed by atoms with E-state index in [1.165, 1.54) is 11.8 Å². The summed E-state index contributed by atoms with van der Waals surface area (Å²) in [4.78, 5) is 23.1. The Morgan fingerprint density at radius 1 is 1.43 bits per heavy atom. The van der Waals surface area contributed by atoms with Gasteiger partial charge in [-0.1, -0.05) is 12.1 Å². The molecule has 0 aliphatic heterocycles. The molecule has 0 saturated carbocycles. The largest absolute Gasteiger partial charge is 0.476 e. The quantitative estimate of drug-likeness (QED) is 0.722. The van der Waals surface area contributed by atoms with Gasteiger partial charge in [-0.15, -0.1) is 5.10 Å². The minimum absolute atomic E-state index is 0.0667. The first kappa shape index (κ1) is 17.1. The van der Waals surface area contributed by atoms with E-state index in [1.54, 1.807) is 0 Å². The van der Waals surface area contributed by atoms with Crippen molar-refractivity contribution in [2.75, 3.05) is 13.7 Å². The molecular formula is C13H22N4O4. The standard InChI is InChI=1S/C13H22N4O4/c1-5-13(2,3)14-10(18)8-17-9(6-7-21-4)11(12(19)20)15-16-17/h5-8H2,1-4H3,(H,14,18)(H,19,20). The van der Waals surface area contributed by atoms with E-state index in [0.29, 0.717) is 18.7 Å². The number of carboxylic acids is 1. The molecule has 0 fully saturated rings. The Bertz CT molecular complexity index is 510. The van der Waals surface area contributed by atoms with Gasteiger partial charge in [0.1, 0.15) is 6.54 Å². The van der Waals surface area contributed by atoms with Gasteiger partial charge in [0.15, 0.2) is 5.69 Å². The number of carbonyl (C=O) groups excluding carboxylic acids is 1. The van der Waals surface area contributed by atoms with Gasteiger partial charge in [-0.25, -0.2) is 9.48 Å². The molecule has 1 aromatic heterocycles. The molecule has 8 nitrogen and oxygen atoms in total. The van der Waals surface area contributed by atoms with Gasteiger partial charge in [0.25, 0.3) is 0 Å². The zero-order chi connectivity index (χ0) is 16.0. The van der Waals surface area contributed by atoms with E-state index in [-0.39, 0.29) is 23.7 Å². The first-order chi connectivity index (χ1) is 9.80. The molecule has 0 unspecified atom stereocenters. The molecule has 0 aliphatic rings. The Labute approximate surface area is 123 Å². The lowest BCUT2D eigenvalue weighted by molar-refractivity contribution is -0.123. The average Bonchev–Trinajstić information content (AvgIpc) is 2.78. The maximum Gasteiger partial charge on any atom is 0.358 e. The van der Waals surface area contributed by atoms with E-state index < -0.39 is 5.97 Å². The second kappa shape index (κ2) is 7.16. The van der Waals surface area contributed by atoms with Crippen LogP contribution in [0, 0.1) is 0 Å². The topological polar surface area (TPSA) is 106 Å². The first-order valence-electron chi connectivity index (χ1n) is 6.76. The Kier molecular flexibility index (Phi) is 5.83. The van der Waals surface area contributed by atoms with Gasteiger partial charge in [-0.2, -0.15) is 0 Å². The van der Waals surface area contributed by atoms with Crippen LogP contribution in [0.5, 0.6) is 0 Å². The second-order valence-electron chi connectivity index (χ2n) is 5.38. The molecule has 0 spiro atoms. The third-order valence-electron chi connectivity index (χ3n) is 3.24. The molecule has 1 aromatic rings. The summed E-state index contributed by atoms with van der Waals surface area (Å²) in [5, 5.41) is 19.3. The number of amides is 1. The fourth-order valence-corrected chi connectivity index (χ4v) is 1.71. The van der Waals surface area contributed by atoms with Crippen LogP contribution in [0.15, 0.2) is 0 Å². The highest BCUT2D eigenvalue weighted by atomic mass is 16.5. The van der Waals surface area contributed by atoms with E-state index in [4.69, 9.17) is 9.84 Å². The maximum atomic E-state index is 12.0. The van der Waals surface area contributed by atoms with Gasteiger partial charge in [-0.05, 0) is 20.3 Å². The molecule has 1 rings (SSSR count). The number of nitrogens with one attached hydrogen (secondary N) is 1. The van der Waals surface area contributed by atoms with E-state index in [9.17, 15) is 9.59 Å². The van der Waals surface area contributed by atoms with Crippen molar-refractivity contribution in [3.8, 4) is 0 Å². The molecular weight excluding hydrogens is 276 g/mol. The molecule has 1 heterocycles. The summed E-state index contributed by atoms with van der Waals surface area (Å²) in [5.74, 6) is -1.40. The number of carbonyl (C=O) groups is 2. The molecule has 0 radical (unpaired) electrons. The number of nitrogens with zero attached hydrogens (tertiary/aromatic N) is 3. The summed E-state index contributed by atoms with van der Waals surface area (Å²) in [5.41, 5.74) is -0.0802. The van der Waals surface area contributed by atoms with Crippen molar-refractivity contribution in [2.24, 2.45) is 0 Å². The zero-order valence-corrected chi connectivity index (χ0v) is 12.8. The Morgan fingerprint density at radius 3 is 2.62 bits per heavy atom. The molecule has 8 heteroatoms. The van der Waals surface area contributed by atoms with Crippen molar-refractivity contribution in [3.05, 3.63) is 11.4 Å². The van der Waals surface area contributed by atoms with Crippen molar-refractivity contribution >= 4 is 11.9 Å². The monoisotopic (exact) mass is 298 g/mol. The van der Waals surface area contributed by atoms with Crippen LogP contribution in [-0.4, -0.2) is 51.2 Å². The third kappa shape index (κ3) is 4.82. The predicted octanol–water partition coefficient (Wildman–Crippen LogP) is 0.470. The SMILES string of the molecule is CCC(C)(C)NC(=O)Cn1nnc(C(=O)O)c1CCOC. The number of hydrogen-bond acceptors (Lipinski definition) is 5. The molecule has 118 valence electrons. The lowest BCUT2D eigenvalue weighted by Crippen LogP contribution is -2.44. The number of aromatic carboxylic acids is 1. The molecule has 0 atom stereocenters. The highest BCUT2D eigenvalue weighted by molar-refractivity contribution is 5.86. The summed E-state index contributed by atoms with van der Waals surface area (Å²) in [6.45, 7) is 6.07. The van der Waals surface area contributed by atoms with E-state index >= 15 is 0 Å². The van der Waals surface area contributed by atoms with Gasteiger partial charge in [0, 0.05) is 19.1 Å². The first-order valence-corrected chi connectivity index (χ1v) is 6.76. The summed E-state index contributed by atoms with van der Waals surface area (Å²) in [6.07, 6.45) is 1.11. The van der Waals surface area contributed by atoms with Crippen LogP contribution >= 0.6 is 0 Å². The third-order valence-corrected chi connectivity index (χ3v) is 3.24. The Hall–Kier alpha value is -1.96. The normalized spacial score (nSPS) is 11.4. The maximum absolute atomic E-state index is 12.0. The molecule has 2 N–H and O–H groups in total. The fourth-order valence-electron chi connectivity index (χ4n) is 1.71. The number of ether oxygens (including phenoxy) is 1. The van der Waals surface area contributed by atoms with Gasteiger partial charge in [0.05, 0.1) is 12.3 Å². The number of carboxylic acid groups (broad SMARTS) is 1. The van der Waals surface area contributed by atoms with Crippen molar-refractivity contribution < 1.29 is 19.4 Å². The minimum Gasteiger partial charge on any atom is -0.476 e. The predicted molar refractivity (Wildman–Crippen MR) is 75.1 cm³/mol. The van der Waals surface area contributed by atoms with Crippen LogP contribution in [0.1, 0.15) is 43.4 Å². The van der Waals surface area contributed by atoms with Crippen LogP contribution < -0.4 is 5.32 Å². The van der Waals surface area contributed by atoms with Gasteiger partial charge in [-0.3, -0.25) is 4.79 Å². The highest BCUT2D eigenvalue weighted by Gasteiger charge is 2.22. The summed E-state index contributed by atoms with van der Waals surface area (Å²) < 4.78 is 6.25. The average molecular weight is 298 g/mol. The molecule has 0 aromatic carbocycles. The minimum atomic E-state index is -1.17. The van der Waals surface area contributed by atoms with Crippen molar-refractivity contribution in [2.45, 2.75) is 45.7 Å². The number of aromatic nitrogens is 3. The van der Waals surface area contributed by atoms with E-state index in [0.717, 1.165) is 6.42 Å². The fraction of sp³-hybridized carbons (Fsp3) is 0.692. The van der Waals surface area contributed by atoms with E-state index in [2.05, 4.69) is 15.6 Å². The lowest BCUT2D eigenvalue weighted by atomic mass is 10.0. The van der Waals surface area contributed by atoms with Crippen LogP contribution in [-0.2, 0) is 22.5 Å². The zero-order valence-electron chi connectivity index (χ0n) is 12.8. The molecule has 0 saturated heterocycles. The van der Waals surface area contributed by atoms with Gasteiger partial charge >= 0.3 is 5.97 Å². The lowest BCUT2D eigenvalue weighted by Gasteiger charge is -2.24.